The first-order valence-corrected chi connectivity index (χ1v) is 8.07. The number of carbonyl (C=O) groups excluding carboxylic acids is 1. The lowest BCUT2D eigenvalue weighted by atomic mass is 9.78. The Bertz CT molecular complexity index is 461. The van der Waals surface area contributed by atoms with Crippen LogP contribution in [0.1, 0.15) is 56.9 Å². The Kier molecular flexibility index (Phi) is 5.21. The summed E-state index contributed by atoms with van der Waals surface area (Å²) in [7, 11) is 0. The predicted molar refractivity (Wildman–Crippen MR) is 86.6 cm³/mol. The van der Waals surface area contributed by atoms with Gasteiger partial charge in [-0.15, -0.1) is 0 Å². The number of amides is 1. The van der Waals surface area contributed by atoms with E-state index in [-0.39, 0.29) is 5.91 Å². The third-order valence-electron chi connectivity index (χ3n) is 4.67. The topological polar surface area (TPSA) is 45.2 Å². The van der Waals surface area contributed by atoms with Gasteiger partial charge in [0.05, 0.1) is 11.9 Å². The molecule has 2 rings (SSSR count). The van der Waals surface area contributed by atoms with Crippen LogP contribution < -0.4 is 5.32 Å². The van der Waals surface area contributed by atoms with Crippen molar-refractivity contribution in [2.75, 3.05) is 25.0 Å². The molecule has 1 aromatic heterocycles. The molecule has 1 amide bonds. The minimum absolute atomic E-state index is 0.0650. The van der Waals surface area contributed by atoms with Crippen LogP contribution in [0.3, 0.4) is 0 Å². The molecule has 0 atom stereocenters. The summed E-state index contributed by atoms with van der Waals surface area (Å²) in [5.41, 5.74) is 1.93. The maximum atomic E-state index is 12.5. The number of aromatic nitrogens is 1. The number of rotatable bonds is 5. The van der Waals surface area contributed by atoms with Crippen molar-refractivity contribution in [3.63, 3.8) is 0 Å². The molecular weight excluding hydrogens is 262 g/mol. The van der Waals surface area contributed by atoms with E-state index in [0.717, 1.165) is 44.6 Å². The SMILES string of the molecule is CCCNc1ccc(C(=O)N2CCC(C)(CC)CC2)nc1. The van der Waals surface area contributed by atoms with Crippen molar-refractivity contribution in [2.24, 2.45) is 5.41 Å². The van der Waals surface area contributed by atoms with Gasteiger partial charge in [-0.05, 0) is 36.8 Å². The number of nitrogens with one attached hydrogen (secondary N) is 1. The van der Waals surface area contributed by atoms with Gasteiger partial charge in [-0.2, -0.15) is 0 Å². The van der Waals surface area contributed by atoms with Crippen LogP contribution in [-0.2, 0) is 0 Å². The van der Waals surface area contributed by atoms with Crippen LogP contribution in [0.2, 0.25) is 0 Å². The molecular formula is C17H27N3O. The first-order valence-electron chi connectivity index (χ1n) is 8.07. The second-order valence-corrected chi connectivity index (χ2v) is 6.32. The summed E-state index contributed by atoms with van der Waals surface area (Å²) in [6.45, 7) is 9.30. The lowest BCUT2D eigenvalue weighted by Crippen LogP contribution is -2.42. The lowest BCUT2D eigenvalue weighted by Gasteiger charge is -2.38. The smallest absolute Gasteiger partial charge is 0.272 e. The van der Waals surface area contributed by atoms with Gasteiger partial charge in [-0.1, -0.05) is 27.2 Å². The molecule has 0 aliphatic carbocycles. The second-order valence-electron chi connectivity index (χ2n) is 6.32. The number of carbonyl (C=O) groups is 1. The lowest BCUT2D eigenvalue weighted by molar-refractivity contribution is 0.0594. The highest BCUT2D eigenvalue weighted by molar-refractivity contribution is 5.92. The summed E-state index contributed by atoms with van der Waals surface area (Å²) < 4.78 is 0. The van der Waals surface area contributed by atoms with Crippen molar-refractivity contribution in [1.82, 2.24) is 9.88 Å². The van der Waals surface area contributed by atoms with E-state index < -0.39 is 0 Å². The molecule has 4 nitrogen and oxygen atoms in total. The predicted octanol–water partition coefficient (Wildman–Crippen LogP) is 3.56. The minimum Gasteiger partial charge on any atom is -0.384 e. The Balaban J connectivity index is 1.94. The van der Waals surface area contributed by atoms with Crippen molar-refractivity contribution >= 4 is 11.6 Å². The van der Waals surface area contributed by atoms with Crippen molar-refractivity contribution in [3.05, 3.63) is 24.0 Å². The van der Waals surface area contributed by atoms with Gasteiger partial charge in [0, 0.05) is 19.6 Å². The standard InChI is InChI=1S/C17H27N3O/c1-4-10-18-14-6-7-15(19-13-14)16(21)20-11-8-17(3,5-2)9-12-20/h6-7,13,18H,4-5,8-12H2,1-3H3. The first kappa shape index (κ1) is 15.8. The quantitative estimate of drug-likeness (QED) is 0.901. The molecule has 0 unspecified atom stereocenters. The van der Waals surface area contributed by atoms with E-state index in [1.165, 1.54) is 6.42 Å². The van der Waals surface area contributed by atoms with Gasteiger partial charge in [0.1, 0.15) is 5.69 Å². The molecule has 116 valence electrons. The average Bonchev–Trinajstić information content (AvgIpc) is 2.53. The number of pyridine rings is 1. The van der Waals surface area contributed by atoms with Gasteiger partial charge in [-0.3, -0.25) is 4.79 Å². The molecule has 1 saturated heterocycles. The van der Waals surface area contributed by atoms with Crippen LogP contribution in [0.25, 0.3) is 0 Å². The van der Waals surface area contributed by atoms with E-state index in [2.05, 4.69) is 31.1 Å². The molecule has 0 spiro atoms. The summed E-state index contributed by atoms with van der Waals surface area (Å²) in [6, 6.07) is 3.77. The molecule has 1 fully saturated rings. The van der Waals surface area contributed by atoms with E-state index in [1.807, 2.05) is 17.0 Å². The van der Waals surface area contributed by atoms with Gasteiger partial charge in [0.25, 0.3) is 5.91 Å². The van der Waals surface area contributed by atoms with Crippen LogP contribution in [0.4, 0.5) is 5.69 Å². The summed E-state index contributed by atoms with van der Waals surface area (Å²) in [5, 5.41) is 3.27. The van der Waals surface area contributed by atoms with E-state index in [9.17, 15) is 4.79 Å². The van der Waals surface area contributed by atoms with Crippen LogP contribution >= 0.6 is 0 Å². The largest absolute Gasteiger partial charge is 0.384 e. The van der Waals surface area contributed by atoms with Crippen molar-refractivity contribution < 1.29 is 4.79 Å². The Morgan fingerprint density at radius 1 is 1.33 bits per heavy atom. The van der Waals surface area contributed by atoms with E-state index in [1.54, 1.807) is 6.20 Å². The van der Waals surface area contributed by atoms with Crippen LogP contribution in [0, 0.1) is 5.41 Å². The van der Waals surface area contributed by atoms with Crippen LogP contribution in [0.15, 0.2) is 18.3 Å². The van der Waals surface area contributed by atoms with E-state index >= 15 is 0 Å². The zero-order valence-corrected chi connectivity index (χ0v) is 13.5. The maximum absolute atomic E-state index is 12.5. The third-order valence-corrected chi connectivity index (χ3v) is 4.67. The number of likely N-dealkylation sites (tertiary alicyclic amines) is 1. The highest BCUT2D eigenvalue weighted by Crippen LogP contribution is 2.34. The Morgan fingerprint density at radius 2 is 2.05 bits per heavy atom. The highest BCUT2D eigenvalue weighted by Gasteiger charge is 2.30. The second kappa shape index (κ2) is 6.92. The minimum atomic E-state index is 0.0650. The van der Waals surface area contributed by atoms with Gasteiger partial charge in [-0.25, -0.2) is 4.98 Å². The number of hydrogen-bond acceptors (Lipinski definition) is 3. The first-order chi connectivity index (χ1) is 10.1. The summed E-state index contributed by atoms with van der Waals surface area (Å²) in [6.07, 6.45) is 6.19. The molecule has 1 aliphatic heterocycles. The van der Waals surface area contributed by atoms with Gasteiger partial charge < -0.3 is 10.2 Å². The Hall–Kier alpha value is -1.58. The molecule has 1 aliphatic rings. The fourth-order valence-electron chi connectivity index (χ4n) is 2.66. The number of hydrogen-bond donors (Lipinski definition) is 1. The summed E-state index contributed by atoms with van der Waals surface area (Å²) in [5.74, 6) is 0.0650. The zero-order chi connectivity index (χ0) is 15.3. The molecule has 21 heavy (non-hydrogen) atoms. The number of piperidine rings is 1. The molecule has 2 heterocycles. The molecule has 0 bridgehead atoms. The van der Waals surface area contributed by atoms with Crippen LogP contribution in [0.5, 0.6) is 0 Å². The molecule has 4 heteroatoms. The summed E-state index contributed by atoms with van der Waals surface area (Å²) in [4.78, 5) is 18.7. The number of anilines is 1. The average molecular weight is 289 g/mol. The fraction of sp³-hybridized carbons (Fsp3) is 0.647. The van der Waals surface area contributed by atoms with E-state index in [0.29, 0.717) is 11.1 Å². The maximum Gasteiger partial charge on any atom is 0.272 e. The monoisotopic (exact) mass is 289 g/mol. The molecule has 0 saturated carbocycles. The van der Waals surface area contributed by atoms with Gasteiger partial charge >= 0.3 is 0 Å². The van der Waals surface area contributed by atoms with Crippen LogP contribution in [-0.4, -0.2) is 35.4 Å². The Morgan fingerprint density at radius 3 is 2.57 bits per heavy atom. The third kappa shape index (κ3) is 3.96. The normalized spacial score (nSPS) is 17.6. The molecule has 0 aromatic carbocycles. The molecule has 1 N–H and O–H groups in total. The Labute approximate surface area is 127 Å². The fourth-order valence-corrected chi connectivity index (χ4v) is 2.66. The van der Waals surface area contributed by atoms with Crippen molar-refractivity contribution in [3.8, 4) is 0 Å². The van der Waals surface area contributed by atoms with E-state index in [4.69, 9.17) is 0 Å². The van der Waals surface area contributed by atoms with Crippen molar-refractivity contribution in [2.45, 2.75) is 46.5 Å². The van der Waals surface area contributed by atoms with Gasteiger partial charge in [0.2, 0.25) is 0 Å². The number of nitrogens with zero attached hydrogens (tertiary/aromatic N) is 2. The highest BCUT2D eigenvalue weighted by atomic mass is 16.2. The zero-order valence-electron chi connectivity index (χ0n) is 13.5. The van der Waals surface area contributed by atoms with Gasteiger partial charge in [0.15, 0.2) is 0 Å². The van der Waals surface area contributed by atoms with Crippen molar-refractivity contribution in [1.29, 1.82) is 0 Å². The molecule has 0 radical (unpaired) electrons. The summed E-state index contributed by atoms with van der Waals surface area (Å²) >= 11 is 0. The molecule has 1 aromatic rings.